The lowest BCUT2D eigenvalue weighted by Crippen LogP contribution is -2.50. The van der Waals surface area contributed by atoms with Gasteiger partial charge in [0.05, 0.1) is 11.4 Å². The number of hydrogen-bond donors (Lipinski definition) is 2. The highest BCUT2D eigenvalue weighted by Gasteiger charge is 2.47. The molecule has 1 saturated heterocycles. The van der Waals surface area contributed by atoms with Gasteiger partial charge >= 0.3 is 6.03 Å². The molecule has 3 rings (SSSR count). The van der Waals surface area contributed by atoms with Gasteiger partial charge in [-0.25, -0.2) is 4.79 Å². The van der Waals surface area contributed by atoms with Crippen LogP contribution in [0.1, 0.15) is 68.1 Å². The minimum atomic E-state index is -1.31. The Kier molecular flexibility index (Phi) is 10.9. The number of carbonyl (C=O) groups excluding carboxylic acids is 2. The Balaban J connectivity index is 1.52. The Morgan fingerprint density at radius 2 is 1.84 bits per heavy atom. The van der Waals surface area contributed by atoms with Gasteiger partial charge in [0.2, 0.25) is 0 Å². The number of hydrogen-bond acceptors (Lipinski definition) is 6. The van der Waals surface area contributed by atoms with Gasteiger partial charge in [0, 0.05) is 32.2 Å². The van der Waals surface area contributed by atoms with Crippen LogP contribution in [0.15, 0.2) is 22.5 Å². The van der Waals surface area contributed by atoms with Crippen LogP contribution in [0.4, 0.5) is 10.5 Å². The predicted molar refractivity (Wildman–Crippen MR) is 156 cm³/mol. The number of rotatable bonds is 12. The number of amidine groups is 1. The van der Waals surface area contributed by atoms with Crippen molar-refractivity contribution in [3.8, 4) is 0 Å². The fraction of sp³-hybridized carbons (Fsp3) is 0.593. The van der Waals surface area contributed by atoms with Crippen molar-refractivity contribution in [3.05, 3.63) is 34.2 Å². The third-order valence-corrected chi connectivity index (χ3v) is 9.18. The second kappa shape index (κ2) is 13.7. The standard InChI is InChI=1S/C27H41N5O3S2/c1-20-18-22(31(3)26(28)34)19-21(2)23(20)11-17-37(35)32-14-12-27(13-15-32)25(33)29-24(30-27)10-8-6-5-7-9-16-36-4/h11,17-19H,5-10,12-16H2,1-4H3,(H2,28,34)(H,29,30,33)/b17-11+. The van der Waals surface area contributed by atoms with Crippen LogP contribution in [-0.4, -0.2) is 64.3 Å². The average molecular weight is 548 g/mol. The van der Waals surface area contributed by atoms with Gasteiger partial charge in [-0.15, -0.1) is 4.31 Å². The number of benzene rings is 1. The van der Waals surface area contributed by atoms with Crippen molar-refractivity contribution >= 4 is 52.7 Å². The summed E-state index contributed by atoms with van der Waals surface area (Å²) < 4.78 is 14.9. The zero-order valence-corrected chi connectivity index (χ0v) is 24.2. The summed E-state index contributed by atoms with van der Waals surface area (Å²) in [6.07, 6.45) is 12.0. The molecular weight excluding hydrogens is 506 g/mol. The number of unbranched alkanes of at least 4 members (excludes halogenated alkanes) is 4. The summed E-state index contributed by atoms with van der Waals surface area (Å²) in [6.45, 7) is 5.02. The summed E-state index contributed by atoms with van der Waals surface area (Å²) in [4.78, 5) is 30.5. The number of nitrogens with zero attached hydrogens (tertiary/aromatic N) is 3. The molecule has 37 heavy (non-hydrogen) atoms. The van der Waals surface area contributed by atoms with E-state index in [1.807, 2.05) is 48.1 Å². The van der Waals surface area contributed by atoms with Crippen LogP contribution in [0.2, 0.25) is 0 Å². The molecule has 1 fully saturated rings. The van der Waals surface area contributed by atoms with E-state index in [9.17, 15) is 14.1 Å². The van der Waals surface area contributed by atoms with Crippen LogP contribution in [0.5, 0.6) is 0 Å². The Labute approximate surface area is 228 Å². The second-order valence-electron chi connectivity index (χ2n) is 9.95. The van der Waals surface area contributed by atoms with Gasteiger partial charge in [0.15, 0.2) is 0 Å². The fourth-order valence-electron chi connectivity index (χ4n) is 4.89. The van der Waals surface area contributed by atoms with E-state index < -0.39 is 22.9 Å². The predicted octanol–water partition coefficient (Wildman–Crippen LogP) is 4.52. The smallest absolute Gasteiger partial charge is 0.318 e. The van der Waals surface area contributed by atoms with Crippen molar-refractivity contribution in [2.24, 2.45) is 10.7 Å². The van der Waals surface area contributed by atoms with E-state index in [0.29, 0.717) is 25.9 Å². The van der Waals surface area contributed by atoms with Crippen molar-refractivity contribution in [3.63, 3.8) is 0 Å². The minimum absolute atomic E-state index is 0.00397. The average Bonchev–Trinajstić information content (AvgIpc) is 3.16. The molecule has 0 aromatic heterocycles. The zero-order chi connectivity index (χ0) is 27.0. The summed E-state index contributed by atoms with van der Waals surface area (Å²) in [5, 5.41) is 4.72. The van der Waals surface area contributed by atoms with Crippen molar-refractivity contribution < 1.29 is 14.1 Å². The number of nitrogens with two attached hydrogens (primary N) is 1. The topological polar surface area (TPSA) is 114 Å². The maximum atomic E-state index is 13.0. The lowest BCUT2D eigenvalue weighted by molar-refractivity contribution is -0.124. The van der Waals surface area contributed by atoms with Crippen LogP contribution < -0.4 is 16.0 Å². The fourth-order valence-corrected chi connectivity index (χ4v) is 6.35. The molecule has 204 valence electrons. The number of nitrogens with one attached hydrogen (secondary N) is 1. The maximum Gasteiger partial charge on any atom is 0.318 e. The number of anilines is 1. The maximum absolute atomic E-state index is 13.0. The molecule has 2 heterocycles. The van der Waals surface area contributed by atoms with Crippen LogP contribution >= 0.6 is 11.8 Å². The molecular formula is C27H41N5O3S2. The summed E-state index contributed by atoms with van der Waals surface area (Å²) in [7, 11) is 1.64. The van der Waals surface area contributed by atoms with Crippen LogP contribution in [0, 0.1) is 13.8 Å². The van der Waals surface area contributed by atoms with Gasteiger partial charge in [-0.1, -0.05) is 19.3 Å². The van der Waals surface area contributed by atoms with E-state index in [1.165, 1.54) is 36.3 Å². The monoisotopic (exact) mass is 547 g/mol. The highest BCUT2D eigenvalue weighted by molar-refractivity contribution is 7.98. The molecule has 3 amide bonds. The summed E-state index contributed by atoms with van der Waals surface area (Å²) in [5.74, 6) is 2.04. The number of primary amides is 1. The SMILES string of the molecule is CSCCCCCCCC1=NC2(CCN([S+]([O-])/C=C/c3c(C)cc(N(C)C(N)=O)cc3C)CC2)C(=O)N1. The highest BCUT2D eigenvalue weighted by atomic mass is 32.2. The number of piperidine rings is 1. The molecule has 0 bridgehead atoms. The Morgan fingerprint density at radius 3 is 2.46 bits per heavy atom. The van der Waals surface area contributed by atoms with Crippen LogP contribution in [0.25, 0.3) is 6.08 Å². The van der Waals surface area contributed by atoms with E-state index in [4.69, 9.17) is 10.7 Å². The molecule has 2 aliphatic rings. The lowest BCUT2D eigenvalue weighted by Gasteiger charge is -2.34. The molecule has 0 saturated carbocycles. The molecule has 1 aromatic rings. The number of amides is 3. The van der Waals surface area contributed by atoms with Crippen molar-refractivity contribution in [2.75, 3.05) is 37.0 Å². The van der Waals surface area contributed by atoms with Gasteiger partial charge in [0.1, 0.15) is 16.8 Å². The number of aliphatic imine (C=N–C) groups is 1. The molecule has 1 unspecified atom stereocenters. The Bertz CT molecular complexity index is 998. The lowest BCUT2D eigenvalue weighted by atomic mass is 9.89. The van der Waals surface area contributed by atoms with Gasteiger partial charge in [-0.3, -0.25) is 14.7 Å². The van der Waals surface area contributed by atoms with Crippen LogP contribution in [-0.2, 0) is 16.2 Å². The number of thioether (sulfide) groups is 1. The number of urea groups is 1. The first-order valence-corrected chi connectivity index (χ1v) is 15.6. The second-order valence-corrected chi connectivity index (χ2v) is 12.3. The van der Waals surface area contributed by atoms with E-state index in [0.717, 1.165) is 41.1 Å². The van der Waals surface area contributed by atoms with E-state index in [2.05, 4.69) is 11.6 Å². The van der Waals surface area contributed by atoms with Gasteiger partial charge < -0.3 is 15.6 Å². The quantitative estimate of drug-likeness (QED) is 0.295. The minimum Gasteiger partial charge on any atom is -0.593 e. The molecule has 3 N–H and O–H groups in total. The van der Waals surface area contributed by atoms with Crippen LogP contribution in [0.3, 0.4) is 0 Å². The first-order valence-electron chi connectivity index (χ1n) is 13.0. The van der Waals surface area contributed by atoms with E-state index in [-0.39, 0.29) is 5.91 Å². The molecule has 1 atom stereocenters. The summed E-state index contributed by atoms with van der Waals surface area (Å²) in [6, 6.07) is 3.27. The van der Waals surface area contributed by atoms with Gasteiger partial charge in [-0.2, -0.15) is 11.8 Å². The Morgan fingerprint density at radius 1 is 1.22 bits per heavy atom. The molecule has 8 nitrogen and oxygen atoms in total. The summed E-state index contributed by atoms with van der Waals surface area (Å²) in [5.41, 5.74) is 8.32. The van der Waals surface area contributed by atoms with Crippen molar-refractivity contribution in [1.29, 1.82) is 0 Å². The van der Waals surface area contributed by atoms with Crippen molar-refractivity contribution in [1.82, 2.24) is 9.62 Å². The zero-order valence-electron chi connectivity index (χ0n) is 22.5. The molecule has 0 radical (unpaired) electrons. The van der Waals surface area contributed by atoms with Gasteiger partial charge in [0.25, 0.3) is 5.91 Å². The van der Waals surface area contributed by atoms with Gasteiger partial charge in [-0.05, 0) is 86.4 Å². The first kappa shape index (κ1) is 29.5. The summed E-state index contributed by atoms with van der Waals surface area (Å²) >= 11 is 0.593. The highest BCUT2D eigenvalue weighted by Crippen LogP contribution is 2.32. The van der Waals surface area contributed by atoms with Crippen molar-refractivity contribution in [2.45, 2.75) is 70.8 Å². The Hall–Kier alpha value is -2.01. The third-order valence-electron chi connectivity index (χ3n) is 7.24. The normalized spacial score (nSPS) is 18.3. The largest absolute Gasteiger partial charge is 0.593 e. The number of aryl methyl sites for hydroxylation is 2. The number of carbonyl (C=O) groups is 2. The molecule has 1 spiro atoms. The van der Waals surface area contributed by atoms with E-state index in [1.54, 1.807) is 12.5 Å². The first-order chi connectivity index (χ1) is 17.7. The van der Waals surface area contributed by atoms with E-state index >= 15 is 0 Å². The molecule has 10 heteroatoms. The third kappa shape index (κ3) is 7.75. The molecule has 2 aliphatic heterocycles. The molecule has 0 aliphatic carbocycles. The molecule has 1 aromatic carbocycles.